The van der Waals surface area contributed by atoms with Gasteiger partial charge in [-0.25, -0.2) is 9.07 Å². The third kappa shape index (κ3) is 5.36. The molecule has 1 aromatic heterocycles. The number of anilines is 1. The third-order valence-corrected chi connectivity index (χ3v) is 5.24. The zero-order valence-corrected chi connectivity index (χ0v) is 18.2. The van der Waals surface area contributed by atoms with Crippen molar-refractivity contribution in [3.05, 3.63) is 76.9 Å². The zero-order valence-electron chi connectivity index (χ0n) is 18.2. The molecule has 0 bridgehead atoms. The van der Waals surface area contributed by atoms with Gasteiger partial charge in [-0.3, -0.25) is 9.59 Å². The van der Waals surface area contributed by atoms with Gasteiger partial charge in [0.05, 0.1) is 23.8 Å². The summed E-state index contributed by atoms with van der Waals surface area (Å²) in [5, 5.41) is 10.3. The van der Waals surface area contributed by atoms with E-state index in [-0.39, 0.29) is 30.1 Å². The Morgan fingerprint density at radius 1 is 1.03 bits per heavy atom. The highest BCUT2D eigenvalue weighted by atomic mass is 19.1. The number of hydrogen-bond acceptors (Lipinski definition) is 3. The second-order valence-electron chi connectivity index (χ2n) is 7.53. The van der Waals surface area contributed by atoms with E-state index in [2.05, 4.69) is 15.7 Å². The minimum absolute atomic E-state index is 0.0407. The fourth-order valence-corrected chi connectivity index (χ4v) is 3.41. The minimum Gasteiger partial charge on any atom is -0.349 e. The van der Waals surface area contributed by atoms with Crippen LogP contribution in [0.4, 0.5) is 10.1 Å². The van der Waals surface area contributed by atoms with Gasteiger partial charge in [-0.15, -0.1) is 0 Å². The summed E-state index contributed by atoms with van der Waals surface area (Å²) in [5.41, 5.74) is 4.89. The number of aromatic nitrogens is 2. The lowest BCUT2D eigenvalue weighted by atomic mass is 10.1. The van der Waals surface area contributed by atoms with E-state index in [9.17, 15) is 14.0 Å². The fraction of sp³-hybridized carbons (Fsp3) is 0.292. The normalized spacial score (nSPS) is 11.8. The Morgan fingerprint density at radius 2 is 1.68 bits per heavy atom. The van der Waals surface area contributed by atoms with Crippen molar-refractivity contribution >= 4 is 17.5 Å². The molecule has 3 rings (SSSR count). The Kier molecular flexibility index (Phi) is 6.84. The molecule has 6 nitrogen and oxygen atoms in total. The van der Waals surface area contributed by atoms with E-state index < -0.39 is 0 Å². The molecule has 0 saturated heterocycles. The van der Waals surface area contributed by atoms with Crippen LogP contribution in [0.25, 0.3) is 5.69 Å². The maximum absolute atomic E-state index is 13.2. The molecule has 3 aromatic rings. The molecular formula is C24H27FN4O2. The van der Waals surface area contributed by atoms with Crippen LogP contribution >= 0.6 is 0 Å². The van der Waals surface area contributed by atoms with Crippen molar-refractivity contribution in [2.45, 2.75) is 46.6 Å². The number of hydrogen-bond donors (Lipinski definition) is 2. The van der Waals surface area contributed by atoms with Gasteiger partial charge < -0.3 is 10.6 Å². The van der Waals surface area contributed by atoms with Crippen molar-refractivity contribution in [1.82, 2.24) is 15.1 Å². The highest BCUT2D eigenvalue weighted by Gasteiger charge is 2.17. The highest BCUT2D eigenvalue weighted by molar-refractivity contribution is 5.90. The molecule has 2 amide bonds. The Labute approximate surface area is 181 Å². The molecule has 0 aliphatic rings. The van der Waals surface area contributed by atoms with Crippen LogP contribution in [-0.2, 0) is 16.0 Å². The van der Waals surface area contributed by atoms with Gasteiger partial charge in [0, 0.05) is 23.4 Å². The number of amides is 2. The molecule has 162 valence electrons. The summed E-state index contributed by atoms with van der Waals surface area (Å²) in [6, 6.07) is 13.3. The highest BCUT2D eigenvalue weighted by Crippen LogP contribution is 2.20. The van der Waals surface area contributed by atoms with E-state index in [1.165, 1.54) is 12.1 Å². The number of halogens is 1. The minimum atomic E-state index is -0.306. The van der Waals surface area contributed by atoms with Crippen molar-refractivity contribution in [1.29, 1.82) is 0 Å². The summed E-state index contributed by atoms with van der Waals surface area (Å²) in [6.07, 6.45) is 0.624. The second kappa shape index (κ2) is 9.55. The van der Waals surface area contributed by atoms with E-state index in [1.807, 2.05) is 45.0 Å². The van der Waals surface area contributed by atoms with E-state index in [4.69, 9.17) is 0 Å². The summed E-state index contributed by atoms with van der Waals surface area (Å²) in [4.78, 5) is 24.2. The molecule has 0 aliphatic carbocycles. The van der Waals surface area contributed by atoms with E-state index >= 15 is 0 Å². The van der Waals surface area contributed by atoms with E-state index in [1.54, 1.807) is 23.7 Å². The van der Waals surface area contributed by atoms with Crippen LogP contribution in [0, 0.1) is 19.7 Å². The third-order valence-electron chi connectivity index (χ3n) is 5.24. The van der Waals surface area contributed by atoms with Crippen LogP contribution in [0.3, 0.4) is 0 Å². The SMILES string of the molecule is CCC(=O)Nc1ccc([C@@H](C)NC(=O)Cc2c(C)nn(-c3ccc(F)cc3)c2C)cc1. The van der Waals surface area contributed by atoms with Gasteiger partial charge in [0.15, 0.2) is 0 Å². The molecule has 0 spiro atoms. The Bertz CT molecular complexity index is 1070. The first-order valence-corrected chi connectivity index (χ1v) is 10.3. The predicted octanol–water partition coefficient (Wildman–Crippen LogP) is 4.40. The zero-order chi connectivity index (χ0) is 22.5. The Balaban J connectivity index is 1.66. The van der Waals surface area contributed by atoms with E-state index in [0.717, 1.165) is 33.9 Å². The van der Waals surface area contributed by atoms with Gasteiger partial charge in [0.2, 0.25) is 11.8 Å². The Hall–Kier alpha value is -3.48. The number of nitrogens with one attached hydrogen (secondary N) is 2. The van der Waals surface area contributed by atoms with Crippen LogP contribution < -0.4 is 10.6 Å². The van der Waals surface area contributed by atoms with Gasteiger partial charge in [0.1, 0.15) is 5.82 Å². The van der Waals surface area contributed by atoms with Crippen molar-refractivity contribution < 1.29 is 14.0 Å². The lowest BCUT2D eigenvalue weighted by Gasteiger charge is -2.15. The number of nitrogens with zero attached hydrogens (tertiary/aromatic N) is 2. The van der Waals surface area contributed by atoms with Gasteiger partial charge in [0.25, 0.3) is 0 Å². The Morgan fingerprint density at radius 3 is 2.29 bits per heavy atom. The molecule has 2 N–H and O–H groups in total. The predicted molar refractivity (Wildman–Crippen MR) is 119 cm³/mol. The molecular weight excluding hydrogens is 395 g/mol. The van der Waals surface area contributed by atoms with Crippen molar-refractivity contribution in [3.63, 3.8) is 0 Å². The quantitative estimate of drug-likeness (QED) is 0.593. The van der Waals surface area contributed by atoms with Gasteiger partial charge in [-0.2, -0.15) is 5.10 Å². The first-order valence-electron chi connectivity index (χ1n) is 10.3. The molecule has 0 unspecified atom stereocenters. The number of carbonyl (C=O) groups is 2. The molecule has 0 aliphatic heterocycles. The maximum atomic E-state index is 13.2. The van der Waals surface area contributed by atoms with Gasteiger partial charge >= 0.3 is 0 Å². The van der Waals surface area contributed by atoms with Crippen molar-refractivity contribution in [3.8, 4) is 5.69 Å². The molecule has 0 fully saturated rings. The summed E-state index contributed by atoms with van der Waals surface area (Å²) in [6.45, 7) is 7.48. The number of aryl methyl sites for hydroxylation is 1. The monoisotopic (exact) mass is 422 g/mol. The summed E-state index contributed by atoms with van der Waals surface area (Å²) < 4.78 is 14.9. The summed E-state index contributed by atoms with van der Waals surface area (Å²) in [5.74, 6) is -0.457. The number of rotatable bonds is 7. The standard InChI is InChI=1S/C24H27FN4O2/c1-5-23(30)27-20-10-6-18(7-11-20)15(2)26-24(31)14-22-16(3)28-29(17(22)4)21-12-8-19(25)9-13-21/h6-13,15H,5,14H2,1-4H3,(H,26,31)(H,27,30)/t15-/m1/s1. The van der Waals surface area contributed by atoms with Crippen molar-refractivity contribution in [2.75, 3.05) is 5.32 Å². The van der Waals surface area contributed by atoms with Crippen LogP contribution in [0.5, 0.6) is 0 Å². The molecule has 7 heteroatoms. The first kappa shape index (κ1) is 22.2. The molecule has 1 heterocycles. The lowest BCUT2D eigenvalue weighted by Crippen LogP contribution is -2.28. The number of carbonyl (C=O) groups excluding carboxylic acids is 2. The van der Waals surface area contributed by atoms with E-state index in [0.29, 0.717) is 6.42 Å². The smallest absolute Gasteiger partial charge is 0.225 e. The fourth-order valence-electron chi connectivity index (χ4n) is 3.41. The van der Waals surface area contributed by atoms with Crippen LogP contribution in [-0.4, -0.2) is 21.6 Å². The first-order chi connectivity index (χ1) is 14.8. The average molecular weight is 423 g/mol. The van der Waals surface area contributed by atoms with Crippen LogP contribution in [0.2, 0.25) is 0 Å². The van der Waals surface area contributed by atoms with Gasteiger partial charge in [-0.1, -0.05) is 19.1 Å². The van der Waals surface area contributed by atoms with Gasteiger partial charge in [-0.05, 0) is 62.7 Å². The van der Waals surface area contributed by atoms with Crippen LogP contribution in [0.15, 0.2) is 48.5 Å². The second-order valence-corrected chi connectivity index (χ2v) is 7.53. The molecule has 2 aromatic carbocycles. The summed E-state index contributed by atoms with van der Waals surface area (Å²) >= 11 is 0. The molecule has 0 saturated carbocycles. The largest absolute Gasteiger partial charge is 0.349 e. The van der Waals surface area contributed by atoms with Crippen LogP contribution in [0.1, 0.15) is 48.8 Å². The average Bonchev–Trinajstić information content (AvgIpc) is 3.02. The topological polar surface area (TPSA) is 76.0 Å². The molecule has 0 radical (unpaired) electrons. The lowest BCUT2D eigenvalue weighted by molar-refractivity contribution is -0.121. The summed E-state index contributed by atoms with van der Waals surface area (Å²) in [7, 11) is 0. The van der Waals surface area contributed by atoms with Crippen molar-refractivity contribution in [2.24, 2.45) is 0 Å². The molecule has 31 heavy (non-hydrogen) atoms. The maximum Gasteiger partial charge on any atom is 0.225 e. The molecule has 1 atom stereocenters. The number of benzene rings is 2.